The van der Waals surface area contributed by atoms with Gasteiger partial charge in [0.25, 0.3) is 15.9 Å². The van der Waals surface area contributed by atoms with Gasteiger partial charge in [-0.05, 0) is 36.4 Å². The molecular weight excluding hydrogens is 356 g/mol. The lowest BCUT2D eigenvalue weighted by atomic mass is 10.2. The lowest BCUT2D eigenvalue weighted by molar-refractivity contribution is -0.115. The molecule has 2 aromatic carbocycles. The number of benzene rings is 2. The molecule has 0 saturated carbocycles. The summed E-state index contributed by atoms with van der Waals surface area (Å²) in [4.78, 5) is 23.3. The highest BCUT2D eigenvalue weighted by atomic mass is 32.2. The summed E-state index contributed by atoms with van der Waals surface area (Å²) in [5.74, 6) is -2.52. The van der Waals surface area contributed by atoms with Crippen LogP contribution in [0.3, 0.4) is 0 Å². The van der Waals surface area contributed by atoms with Gasteiger partial charge in [0, 0.05) is 0 Å². The number of nitrogens with zero attached hydrogens (tertiary/aromatic N) is 1. The van der Waals surface area contributed by atoms with E-state index >= 15 is 0 Å². The molecule has 0 atom stereocenters. The third kappa shape index (κ3) is 3.29. The lowest BCUT2D eigenvalue weighted by Crippen LogP contribution is -2.30. The second-order valence-corrected chi connectivity index (χ2v) is 6.77. The first-order valence-corrected chi connectivity index (χ1v) is 8.45. The standard InChI is InChI=1S/C15H11F2N3O4S/c16-9-4-5-12(17)13(6-9)25(23,24)19-10-2-1-3-11(7-10)20-14(21)8-18-15(20)22/h1-7,19H,8H2,(H,18,22). The topological polar surface area (TPSA) is 95.6 Å². The van der Waals surface area contributed by atoms with Crippen LogP contribution in [0, 0.1) is 11.6 Å². The summed E-state index contributed by atoms with van der Waals surface area (Å²) in [6.45, 7) is -0.163. The summed E-state index contributed by atoms with van der Waals surface area (Å²) >= 11 is 0. The molecule has 1 fully saturated rings. The van der Waals surface area contributed by atoms with Gasteiger partial charge in [-0.3, -0.25) is 9.52 Å². The van der Waals surface area contributed by atoms with Crippen LogP contribution < -0.4 is 14.9 Å². The zero-order valence-corrected chi connectivity index (χ0v) is 13.3. The van der Waals surface area contributed by atoms with Crippen molar-refractivity contribution < 1.29 is 26.8 Å². The molecule has 130 valence electrons. The number of amides is 3. The number of carbonyl (C=O) groups is 2. The van der Waals surface area contributed by atoms with Crippen molar-refractivity contribution in [2.24, 2.45) is 0 Å². The Morgan fingerprint density at radius 2 is 1.84 bits per heavy atom. The molecule has 1 heterocycles. The van der Waals surface area contributed by atoms with Gasteiger partial charge in [0.1, 0.15) is 16.5 Å². The SMILES string of the molecule is O=C1CNC(=O)N1c1cccc(NS(=O)(=O)c2cc(F)ccc2F)c1. The molecule has 1 aliphatic heterocycles. The van der Waals surface area contributed by atoms with Crippen LogP contribution >= 0.6 is 0 Å². The molecule has 1 aliphatic rings. The summed E-state index contributed by atoms with van der Waals surface area (Å²) in [7, 11) is -4.40. The van der Waals surface area contributed by atoms with Crippen molar-refractivity contribution in [3.63, 3.8) is 0 Å². The summed E-state index contributed by atoms with van der Waals surface area (Å²) in [6.07, 6.45) is 0. The second-order valence-electron chi connectivity index (χ2n) is 5.12. The quantitative estimate of drug-likeness (QED) is 0.806. The molecule has 10 heteroatoms. The van der Waals surface area contributed by atoms with Crippen LogP contribution in [0.2, 0.25) is 0 Å². The minimum absolute atomic E-state index is 0.0198. The van der Waals surface area contributed by atoms with Crippen molar-refractivity contribution in [2.75, 3.05) is 16.2 Å². The third-order valence-corrected chi connectivity index (χ3v) is 4.78. The van der Waals surface area contributed by atoms with Gasteiger partial charge in [0.05, 0.1) is 17.9 Å². The lowest BCUT2D eigenvalue weighted by Gasteiger charge is -2.14. The average molecular weight is 367 g/mol. The molecule has 0 bridgehead atoms. The first-order valence-electron chi connectivity index (χ1n) is 6.97. The van der Waals surface area contributed by atoms with E-state index in [0.717, 1.165) is 11.0 Å². The summed E-state index contributed by atoms with van der Waals surface area (Å²) in [5.41, 5.74) is 0.119. The van der Waals surface area contributed by atoms with E-state index in [-0.39, 0.29) is 17.9 Å². The van der Waals surface area contributed by atoms with Crippen LogP contribution in [-0.4, -0.2) is 26.9 Å². The zero-order chi connectivity index (χ0) is 18.2. The Kier molecular flexibility index (Phi) is 4.13. The maximum absolute atomic E-state index is 13.7. The maximum atomic E-state index is 13.7. The van der Waals surface area contributed by atoms with Gasteiger partial charge in [0.2, 0.25) is 0 Å². The monoisotopic (exact) mass is 367 g/mol. The molecular formula is C15H11F2N3O4S. The third-order valence-electron chi connectivity index (χ3n) is 3.38. The van der Waals surface area contributed by atoms with E-state index in [1.165, 1.54) is 24.3 Å². The highest BCUT2D eigenvalue weighted by Gasteiger charge is 2.30. The number of nitrogens with one attached hydrogen (secondary N) is 2. The molecule has 2 aromatic rings. The van der Waals surface area contributed by atoms with Crippen LogP contribution in [0.5, 0.6) is 0 Å². The van der Waals surface area contributed by atoms with Gasteiger partial charge >= 0.3 is 6.03 Å². The summed E-state index contributed by atoms with van der Waals surface area (Å²) in [6, 6.07) is 6.84. The Balaban J connectivity index is 1.93. The van der Waals surface area contributed by atoms with Gasteiger partial charge in [0.15, 0.2) is 0 Å². The van der Waals surface area contributed by atoms with Crippen LogP contribution in [0.15, 0.2) is 47.4 Å². The molecule has 0 unspecified atom stereocenters. The number of hydrogen-bond donors (Lipinski definition) is 2. The Hall–Kier alpha value is -3.01. The van der Waals surface area contributed by atoms with Crippen molar-refractivity contribution >= 4 is 33.3 Å². The number of anilines is 2. The van der Waals surface area contributed by atoms with E-state index in [1.54, 1.807) is 0 Å². The molecule has 0 aliphatic carbocycles. The molecule has 0 spiro atoms. The number of sulfonamides is 1. The fraction of sp³-hybridized carbons (Fsp3) is 0.0667. The van der Waals surface area contributed by atoms with Crippen molar-refractivity contribution in [2.45, 2.75) is 4.90 Å². The fourth-order valence-electron chi connectivity index (χ4n) is 2.29. The Morgan fingerprint density at radius 1 is 1.08 bits per heavy atom. The molecule has 0 radical (unpaired) electrons. The van der Waals surface area contributed by atoms with Crippen molar-refractivity contribution in [3.8, 4) is 0 Å². The fourth-order valence-corrected chi connectivity index (χ4v) is 3.43. The predicted molar refractivity (Wildman–Crippen MR) is 84.5 cm³/mol. The van der Waals surface area contributed by atoms with Crippen molar-refractivity contribution in [1.82, 2.24) is 5.32 Å². The number of imide groups is 1. The van der Waals surface area contributed by atoms with Gasteiger partial charge in [-0.1, -0.05) is 6.07 Å². The molecule has 1 saturated heterocycles. The van der Waals surface area contributed by atoms with Gasteiger partial charge < -0.3 is 5.32 Å². The number of halogens is 2. The smallest absolute Gasteiger partial charge is 0.328 e. The Labute approximate surface area is 141 Å². The molecule has 2 N–H and O–H groups in total. The van der Waals surface area contributed by atoms with Gasteiger partial charge in [-0.15, -0.1) is 0 Å². The van der Waals surface area contributed by atoms with E-state index in [9.17, 15) is 26.8 Å². The predicted octanol–water partition coefficient (Wildman–Crippen LogP) is 1.82. The minimum atomic E-state index is -4.40. The zero-order valence-electron chi connectivity index (χ0n) is 12.5. The highest BCUT2D eigenvalue weighted by molar-refractivity contribution is 7.92. The first-order chi connectivity index (χ1) is 11.8. The van der Waals surface area contributed by atoms with Gasteiger partial charge in [-0.2, -0.15) is 0 Å². The van der Waals surface area contributed by atoms with Crippen molar-refractivity contribution in [3.05, 3.63) is 54.1 Å². The van der Waals surface area contributed by atoms with E-state index in [2.05, 4.69) is 10.0 Å². The summed E-state index contributed by atoms with van der Waals surface area (Å²) in [5, 5.41) is 2.33. The number of carbonyl (C=O) groups excluding carboxylic acids is 2. The van der Waals surface area contributed by atoms with E-state index < -0.39 is 38.5 Å². The Bertz CT molecular complexity index is 962. The molecule has 7 nitrogen and oxygen atoms in total. The number of hydrogen-bond acceptors (Lipinski definition) is 4. The highest BCUT2D eigenvalue weighted by Crippen LogP contribution is 2.24. The molecule has 25 heavy (non-hydrogen) atoms. The van der Waals surface area contributed by atoms with E-state index in [1.807, 2.05) is 0 Å². The maximum Gasteiger partial charge on any atom is 0.329 e. The van der Waals surface area contributed by atoms with Gasteiger partial charge in [-0.25, -0.2) is 26.9 Å². The van der Waals surface area contributed by atoms with Crippen LogP contribution in [0.1, 0.15) is 0 Å². The molecule has 3 amide bonds. The van der Waals surface area contributed by atoms with Crippen LogP contribution in [-0.2, 0) is 14.8 Å². The Morgan fingerprint density at radius 3 is 2.52 bits per heavy atom. The number of urea groups is 1. The second kappa shape index (κ2) is 6.13. The van der Waals surface area contributed by atoms with E-state index in [0.29, 0.717) is 12.1 Å². The van der Waals surface area contributed by atoms with Crippen LogP contribution in [0.25, 0.3) is 0 Å². The summed E-state index contributed by atoms with van der Waals surface area (Å²) < 4.78 is 53.5. The average Bonchev–Trinajstić information content (AvgIpc) is 2.88. The first kappa shape index (κ1) is 16.8. The van der Waals surface area contributed by atoms with E-state index in [4.69, 9.17) is 0 Å². The minimum Gasteiger partial charge on any atom is -0.328 e. The molecule has 0 aromatic heterocycles. The van der Waals surface area contributed by atoms with Crippen LogP contribution in [0.4, 0.5) is 25.0 Å². The molecule has 3 rings (SSSR count). The number of rotatable bonds is 4. The normalized spacial score (nSPS) is 14.6. The van der Waals surface area contributed by atoms with Crippen molar-refractivity contribution in [1.29, 1.82) is 0 Å². The largest absolute Gasteiger partial charge is 0.329 e.